The second kappa shape index (κ2) is 15.1. The molecule has 2 aliphatic rings. The van der Waals surface area contributed by atoms with Gasteiger partial charge >= 0.3 is 0 Å². The zero-order chi connectivity index (χ0) is 33.7. The van der Waals surface area contributed by atoms with Crippen LogP contribution < -0.4 is 5.32 Å². The molecular weight excluding hydrogens is 600 g/mol. The van der Waals surface area contributed by atoms with Gasteiger partial charge in [-0.2, -0.15) is 5.10 Å². The maximum Gasteiger partial charge on any atom is 0.275 e. The zero-order valence-corrected chi connectivity index (χ0v) is 28.3. The maximum absolute atomic E-state index is 14.0. The van der Waals surface area contributed by atoms with E-state index in [0.717, 1.165) is 41.0 Å². The van der Waals surface area contributed by atoms with Gasteiger partial charge in [-0.3, -0.25) is 23.9 Å². The van der Waals surface area contributed by atoms with Gasteiger partial charge < -0.3 is 29.2 Å². The Hall–Kier alpha value is -4.26. The molecule has 4 amide bonds. The van der Waals surface area contributed by atoms with Crippen LogP contribution in [0.25, 0.3) is 5.65 Å². The average molecular weight is 649 g/mol. The second-order valence-corrected chi connectivity index (χ2v) is 13.1. The van der Waals surface area contributed by atoms with E-state index >= 15 is 0 Å². The molecule has 0 fully saturated rings. The Bertz CT molecular complexity index is 1610. The number of nitrogens with zero attached hydrogens (tertiary/aromatic N) is 7. The molecule has 5 rings (SSSR count). The maximum atomic E-state index is 14.0. The number of pyridine rings is 1. The summed E-state index contributed by atoms with van der Waals surface area (Å²) in [7, 11) is 3.39. The monoisotopic (exact) mass is 648 g/mol. The van der Waals surface area contributed by atoms with Gasteiger partial charge in [-0.15, -0.1) is 0 Å². The third-order valence-electron chi connectivity index (χ3n) is 9.32. The molecule has 47 heavy (non-hydrogen) atoms. The molecule has 0 saturated carbocycles. The Morgan fingerprint density at radius 2 is 1.96 bits per heavy atom. The molecule has 1 unspecified atom stereocenters. The number of methoxy groups -OCH3 is 1. The summed E-state index contributed by atoms with van der Waals surface area (Å²) in [6.07, 6.45) is 6.68. The van der Waals surface area contributed by atoms with Gasteiger partial charge in [0.1, 0.15) is 5.65 Å². The fraction of sp³-hybridized carbons (Fsp3) is 0.588. The number of imidazole rings is 1. The molecule has 4 heterocycles. The molecule has 0 radical (unpaired) electrons. The lowest BCUT2D eigenvalue weighted by atomic mass is 9.89. The minimum atomic E-state index is -0.343. The van der Waals surface area contributed by atoms with E-state index in [9.17, 15) is 19.2 Å². The number of ether oxygens (including phenoxy) is 1. The van der Waals surface area contributed by atoms with Gasteiger partial charge in [-0.25, -0.2) is 4.98 Å². The van der Waals surface area contributed by atoms with Gasteiger partial charge in [0.2, 0.25) is 17.7 Å². The fourth-order valence-corrected chi connectivity index (χ4v) is 6.62. The van der Waals surface area contributed by atoms with Gasteiger partial charge in [-0.05, 0) is 50.2 Å². The van der Waals surface area contributed by atoms with Crippen molar-refractivity contribution in [1.29, 1.82) is 0 Å². The van der Waals surface area contributed by atoms with E-state index in [1.807, 2.05) is 41.6 Å². The van der Waals surface area contributed by atoms with E-state index in [1.54, 1.807) is 22.9 Å². The summed E-state index contributed by atoms with van der Waals surface area (Å²) in [5.41, 5.74) is 4.72. The number of hydrogen-bond acceptors (Lipinski definition) is 7. The van der Waals surface area contributed by atoms with E-state index in [4.69, 9.17) is 4.74 Å². The molecule has 3 aromatic heterocycles. The van der Waals surface area contributed by atoms with Crippen molar-refractivity contribution in [2.24, 2.45) is 13.0 Å². The minimum absolute atomic E-state index is 0.0167. The smallest absolute Gasteiger partial charge is 0.275 e. The number of carbonyl (C=O) groups is 4. The molecule has 2 bridgehead atoms. The number of fused-ring (bicyclic) bond motifs is 2. The molecule has 1 aliphatic heterocycles. The van der Waals surface area contributed by atoms with E-state index in [0.29, 0.717) is 31.0 Å². The predicted octanol–water partition coefficient (Wildman–Crippen LogP) is 1.79. The van der Waals surface area contributed by atoms with Crippen molar-refractivity contribution in [1.82, 2.24) is 39.2 Å². The quantitative estimate of drug-likeness (QED) is 0.394. The Labute approximate surface area is 276 Å². The van der Waals surface area contributed by atoms with Crippen LogP contribution in [0.4, 0.5) is 0 Å². The van der Waals surface area contributed by atoms with Crippen molar-refractivity contribution in [3.63, 3.8) is 0 Å². The molecule has 13 nitrogen and oxygen atoms in total. The highest BCUT2D eigenvalue weighted by Crippen LogP contribution is 2.29. The molecule has 3 aromatic rings. The number of carbonyl (C=O) groups excluding carboxylic acids is 4. The van der Waals surface area contributed by atoms with Crippen LogP contribution in [0.2, 0.25) is 0 Å². The van der Waals surface area contributed by atoms with Crippen LogP contribution in [0.5, 0.6) is 0 Å². The molecule has 0 saturated heterocycles. The van der Waals surface area contributed by atoms with Gasteiger partial charge in [0.15, 0.2) is 5.69 Å². The lowest BCUT2D eigenvalue weighted by Crippen LogP contribution is -2.48. The Kier molecular flexibility index (Phi) is 10.9. The summed E-state index contributed by atoms with van der Waals surface area (Å²) >= 11 is 0. The van der Waals surface area contributed by atoms with Crippen LogP contribution in [0, 0.1) is 12.8 Å². The summed E-state index contributed by atoms with van der Waals surface area (Å²) < 4.78 is 8.93. The number of aryl methyl sites for hydroxylation is 2. The largest absolute Gasteiger partial charge is 0.383 e. The highest BCUT2D eigenvalue weighted by molar-refractivity contribution is 5.96. The van der Waals surface area contributed by atoms with Crippen molar-refractivity contribution in [3.8, 4) is 0 Å². The first-order valence-electron chi connectivity index (χ1n) is 16.7. The van der Waals surface area contributed by atoms with Crippen LogP contribution in [0.1, 0.15) is 66.1 Å². The topological polar surface area (TPSA) is 134 Å². The van der Waals surface area contributed by atoms with Crippen molar-refractivity contribution in [2.45, 2.75) is 65.3 Å². The van der Waals surface area contributed by atoms with Gasteiger partial charge in [0.25, 0.3) is 5.91 Å². The van der Waals surface area contributed by atoms with Crippen molar-refractivity contribution >= 4 is 29.3 Å². The molecule has 0 spiro atoms. The van der Waals surface area contributed by atoms with Gasteiger partial charge in [0, 0.05) is 83.0 Å². The number of hydrogen-bond donors (Lipinski definition) is 1. The van der Waals surface area contributed by atoms with Crippen LogP contribution in [-0.2, 0) is 45.4 Å². The lowest BCUT2D eigenvalue weighted by Gasteiger charge is -2.36. The molecular formula is C34H48N8O5. The first-order valence-corrected chi connectivity index (χ1v) is 16.7. The highest BCUT2D eigenvalue weighted by Gasteiger charge is 2.35. The Balaban J connectivity index is 1.44. The Morgan fingerprint density at radius 1 is 1.15 bits per heavy atom. The number of nitrogens with one attached hydrogen (secondary N) is 1. The molecule has 1 atom stereocenters. The Morgan fingerprint density at radius 3 is 2.72 bits per heavy atom. The van der Waals surface area contributed by atoms with Gasteiger partial charge in [-0.1, -0.05) is 19.9 Å². The van der Waals surface area contributed by atoms with Gasteiger partial charge in [0.05, 0.1) is 25.3 Å². The average Bonchev–Trinajstić information content (AvgIpc) is 3.60. The van der Waals surface area contributed by atoms with Crippen molar-refractivity contribution in [3.05, 3.63) is 52.7 Å². The van der Waals surface area contributed by atoms with E-state index in [2.05, 4.69) is 29.2 Å². The summed E-state index contributed by atoms with van der Waals surface area (Å²) in [6.45, 7) is 7.82. The molecule has 0 aromatic carbocycles. The second-order valence-electron chi connectivity index (χ2n) is 13.1. The summed E-state index contributed by atoms with van der Waals surface area (Å²) in [5, 5.41) is 7.50. The van der Waals surface area contributed by atoms with Crippen LogP contribution in [0.15, 0.2) is 24.5 Å². The summed E-state index contributed by atoms with van der Waals surface area (Å²) in [4.78, 5) is 64.4. The molecule has 13 heteroatoms. The minimum Gasteiger partial charge on any atom is -0.383 e. The number of aromatic nitrogens is 4. The first-order chi connectivity index (χ1) is 22.6. The fourth-order valence-electron chi connectivity index (χ4n) is 6.62. The summed E-state index contributed by atoms with van der Waals surface area (Å²) in [6, 6.07) is 3.80. The third-order valence-corrected chi connectivity index (χ3v) is 9.32. The number of rotatable bonds is 8. The van der Waals surface area contributed by atoms with E-state index in [-0.39, 0.29) is 81.8 Å². The van der Waals surface area contributed by atoms with Crippen molar-refractivity contribution in [2.75, 3.05) is 53.0 Å². The van der Waals surface area contributed by atoms with Crippen LogP contribution in [-0.4, -0.2) is 117 Å². The third kappa shape index (κ3) is 7.83. The van der Waals surface area contributed by atoms with E-state index in [1.165, 1.54) is 4.90 Å². The zero-order valence-electron chi connectivity index (χ0n) is 28.3. The molecule has 1 aliphatic carbocycles. The summed E-state index contributed by atoms with van der Waals surface area (Å²) in [5.74, 6) is -0.434. The predicted molar refractivity (Wildman–Crippen MR) is 176 cm³/mol. The SMILES string of the molecule is COCCN1CC(=O)NCCN(C(=O)Cc2cnc3c(C)cccn23)CCC(=O)N(CCC(C)C)C2CCc3c(c(nn3C)C1=O)C2. The number of amides is 4. The lowest BCUT2D eigenvalue weighted by molar-refractivity contribution is -0.136. The van der Waals surface area contributed by atoms with E-state index < -0.39 is 0 Å². The molecule has 1 N–H and O–H groups in total. The molecule has 254 valence electrons. The van der Waals surface area contributed by atoms with Crippen LogP contribution >= 0.6 is 0 Å². The van der Waals surface area contributed by atoms with Crippen molar-refractivity contribution < 1.29 is 23.9 Å². The normalized spacial score (nSPS) is 18.4. The van der Waals surface area contributed by atoms with Crippen LogP contribution in [0.3, 0.4) is 0 Å². The first kappa shape index (κ1) is 34.1. The standard InChI is InChI=1S/C34H48N8O5/c1-23(2)10-15-41-25-8-9-28-27(19-25)32(37-38(28)4)34(46)40(17-18-47-5)22-29(43)35-12-16-39(14-11-30(41)44)31(45)20-26-21-36-33-24(3)7-6-13-42(26)33/h6-7,13,21,23,25H,8-12,14-20,22H2,1-5H3,(H,35,43). The highest BCUT2D eigenvalue weighted by atomic mass is 16.5.